The highest BCUT2D eigenvalue weighted by atomic mass is 35.5. The molecule has 3 aromatic rings. The topological polar surface area (TPSA) is 57.7 Å². The molecule has 1 heterocycles. The molecule has 35 heavy (non-hydrogen) atoms. The van der Waals surface area contributed by atoms with Gasteiger partial charge >= 0.3 is 0 Å². The van der Waals surface area contributed by atoms with Crippen LogP contribution in [0.4, 0.5) is 0 Å². The van der Waals surface area contributed by atoms with Crippen molar-refractivity contribution in [3.63, 3.8) is 0 Å². The first-order valence-electron chi connectivity index (χ1n) is 11.6. The van der Waals surface area contributed by atoms with Crippen molar-refractivity contribution in [3.05, 3.63) is 106 Å². The van der Waals surface area contributed by atoms with Gasteiger partial charge in [0.05, 0.1) is 21.7 Å². The molecule has 1 aliphatic heterocycles. The molecule has 0 aliphatic carbocycles. The van der Waals surface area contributed by atoms with Gasteiger partial charge in [0.1, 0.15) is 0 Å². The van der Waals surface area contributed by atoms with E-state index >= 15 is 0 Å². The van der Waals surface area contributed by atoms with Crippen molar-refractivity contribution < 1.29 is 13.2 Å². The van der Waals surface area contributed by atoms with Crippen molar-refractivity contribution in [3.8, 4) is 0 Å². The van der Waals surface area contributed by atoms with E-state index in [9.17, 15) is 13.2 Å². The van der Waals surface area contributed by atoms with Gasteiger partial charge in [-0.05, 0) is 41.7 Å². The third kappa shape index (κ3) is 6.85. The number of nitrogens with zero attached hydrogens (tertiary/aromatic N) is 2. The number of piperidine rings is 1. The van der Waals surface area contributed by atoms with Gasteiger partial charge in [-0.25, -0.2) is 12.7 Å². The lowest BCUT2D eigenvalue weighted by molar-refractivity contribution is -0.138. The lowest BCUT2D eigenvalue weighted by Gasteiger charge is -2.34. The van der Waals surface area contributed by atoms with E-state index in [2.05, 4.69) is 0 Å². The summed E-state index contributed by atoms with van der Waals surface area (Å²) in [5, 5.41) is 0.705. The first kappa shape index (κ1) is 25.7. The van der Waals surface area contributed by atoms with Crippen molar-refractivity contribution in [2.24, 2.45) is 5.92 Å². The van der Waals surface area contributed by atoms with E-state index in [4.69, 9.17) is 23.2 Å². The summed E-state index contributed by atoms with van der Waals surface area (Å²) in [4.78, 5) is 15.5. The highest BCUT2D eigenvalue weighted by Gasteiger charge is 2.34. The molecule has 0 spiro atoms. The van der Waals surface area contributed by atoms with Gasteiger partial charge in [-0.3, -0.25) is 4.79 Å². The Morgan fingerprint density at radius 1 is 0.857 bits per heavy atom. The van der Waals surface area contributed by atoms with Crippen LogP contribution in [0.15, 0.2) is 78.9 Å². The molecule has 1 fully saturated rings. The molecular weight excluding hydrogens is 503 g/mol. The molecule has 0 bridgehead atoms. The van der Waals surface area contributed by atoms with Crippen LogP contribution in [0.2, 0.25) is 10.0 Å². The molecule has 1 saturated heterocycles. The molecule has 0 unspecified atom stereocenters. The molecule has 184 valence electrons. The van der Waals surface area contributed by atoms with Crippen LogP contribution in [0.3, 0.4) is 0 Å². The Kier molecular flexibility index (Phi) is 8.50. The molecule has 0 aromatic heterocycles. The summed E-state index contributed by atoms with van der Waals surface area (Å²) in [5.74, 6) is -0.588. The molecule has 1 aliphatic rings. The predicted octanol–water partition coefficient (Wildman–Crippen LogP) is 5.76. The number of sulfonamides is 1. The minimum Gasteiger partial charge on any atom is -0.334 e. The van der Waals surface area contributed by atoms with Crippen LogP contribution in [-0.4, -0.2) is 36.6 Å². The zero-order valence-corrected chi connectivity index (χ0v) is 21.6. The quantitative estimate of drug-likeness (QED) is 0.371. The number of hydrogen-bond acceptors (Lipinski definition) is 3. The zero-order valence-electron chi connectivity index (χ0n) is 19.3. The Balaban J connectivity index is 1.50. The second kappa shape index (κ2) is 11.6. The number of rotatable bonds is 8. The van der Waals surface area contributed by atoms with Gasteiger partial charge in [0.15, 0.2) is 0 Å². The number of carbonyl (C=O) groups excluding carboxylic acids is 1. The molecule has 0 saturated carbocycles. The van der Waals surface area contributed by atoms with Crippen LogP contribution in [-0.2, 0) is 33.7 Å². The number of benzene rings is 3. The third-order valence-corrected chi connectivity index (χ3v) is 8.76. The molecule has 8 heteroatoms. The standard InChI is InChI=1S/C27H28Cl2N2O3S/c28-25-14-13-23(16-26(25)29)20-35(33,34)31-15-7-12-24(19-31)27(32)30(17-21-8-3-1-4-9-21)18-22-10-5-2-6-11-22/h1-6,8-11,13-14,16,24H,7,12,15,17-20H2/t24-/m0/s1. The number of carbonyl (C=O) groups is 1. The van der Waals surface area contributed by atoms with Gasteiger partial charge in [0.25, 0.3) is 0 Å². The molecule has 3 aromatic carbocycles. The van der Waals surface area contributed by atoms with Gasteiger partial charge in [-0.2, -0.15) is 0 Å². The summed E-state index contributed by atoms with van der Waals surface area (Å²) < 4.78 is 27.8. The van der Waals surface area contributed by atoms with Gasteiger partial charge in [-0.15, -0.1) is 0 Å². The van der Waals surface area contributed by atoms with E-state index in [0.717, 1.165) is 11.1 Å². The minimum absolute atomic E-state index is 0.0212. The van der Waals surface area contributed by atoms with Crippen molar-refractivity contribution in [1.29, 1.82) is 0 Å². The Labute approximate surface area is 217 Å². The molecule has 0 N–H and O–H groups in total. The number of amides is 1. The lowest BCUT2D eigenvalue weighted by Crippen LogP contribution is -2.46. The molecule has 0 radical (unpaired) electrons. The second-order valence-corrected chi connectivity index (χ2v) is 11.7. The van der Waals surface area contributed by atoms with Crippen LogP contribution < -0.4 is 0 Å². The summed E-state index contributed by atoms with van der Waals surface area (Å²) in [7, 11) is -3.62. The molecular formula is C27H28Cl2N2O3S. The SMILES string of the molecule is O=C([C@H]1CCCN(S(=O)(=O)Cc2ccc(Cl)c(Cl)c2)C1)N(Cc1ccccc1)Cc1ccccc1. The lowest BCUT2D eigenvalue weighted by atomic mass is 9.97. The van der Waals surface area contributed by atoms with Crippen molar-refractivity contribution >= 4 is 39.1 Å². The van der Waals surface area contributed by atoms with E-state index in [0.29, 0.717) is 48.1 Å². The highest BCUT2D eigenvalue weighted by molar-refractivity contribution is 7.88. The van der Waals surface area contributed by atoms with Crippen LogP contribution in [0.1, 0.15) is 29.5 Å². The fraction of sp³-hybridized carbons (Fsp3) is 0.296. The maximum atomic E-state index is 13.7. The van der Waals surface area contributed by atoms with Gasteiger partial charge in [0.2, 0.25) is 15.9 Å². The smallest absolute Gasteiger partial charge is 0.227 e. The summed E-state index contributed by atoms with van der Waals surface area (Å²) in [5.41, 5.74) is 2.65. The van der Waals surface area contributed by atoms with E-state index in [-0.39, 0.29) is 24.1 Å². The van der Waals surface area contributed by atoms with E-state index < -0.39 is 10.0 Å². The van der Waals surface area contributed by atoms with Crippen LogP contribution in [0.25, 0.3) is 0 Å². The van der Waals surface area contributed by atoms with Gasteiger partial charge < -0.3 is 4.90 Å². The number of halogens is 2. The van der Waals surface area contributed by atoms with E-state index in [1.807, 2.05) is 65.6 Å². The van der Waals surface area contributed by atoms with Crippen molar-refractivity contribution in [2.45, 2.75) is 31.7 Å². The van der Waals surface area contributed by atoms with Crippen LogP contribution >= 0.6 is 23.2 Å². The largest absolute Gasteiger partial charge is 0.334 e. The summed E-state index contributed by atoms with van der Waals surface area (Å²) in [6, 6.07) is 24.6. The average molecular weight is 532 g/mol. The first-order valence-corrected chi connectivity index (χ1v) is 14.0. The van der Waals surface area contributed by atoms with Gasteiger partial charge in [-0.1, -0.05) is 89.9 Å². The summed E-state index contributed by atoms with van der Waals surface area (Å²) >= 11 is 12.0. The zero-order chi connectivity index (χ0) is 24.8. The molecule has 5 nitrogen and oxygen atoms in total. The molecule has 1 atom stereocenters. The normalized spacial score (nSPS) is 16.7. The summed E-state index contributed by atoms with van der Waals surface area (Å²) in [6.45, 7) is 1.54. The second-order valence-electron chi connectivity index (χ2n) is 8.87. The maximum Gasteiger partial charge on any atom is 0.227 e. The fourth-order valence-electron chi connectivity index (χ4n) is 4.41. The molecule has 4 rings (SSSR count). The van der Waals surface area contributed by atoms with Crippen molar-refractivity contribution in [2.75, 3.05) is 13.1 Å². The Morgan fingerprint density at radius 3 is 2.03 bits per heavy atom. The predicted molar refractivity (Wildman–Crippen MR) is 141 cm³/mol. The first-order chi connectivity index (χ1) is 16.8. The monoisotopic (exact) mass is 530 g/mol. The minimum atomic E-state index is -3.62. The Hall–Kier alpha value is -2.38. The molecule has 1 amide bonds. The van der Waals surface area contributed by atoms with Crippen molar-refractivity contribution in [1.82, 2.24) is 9.21 Å². The maximum absolute atomic E-state index is 13.7. The fourth-order valence-corrected chi connectivity index (χ4v) is 6.32. The highest BCUT2D eigenvalue weighted by Crippen LogP contribution is 2.27. The third-order valence-electron chi connectivity index (χ3n) is 6.20. The average Bonchev–Trinajstić information content (AvgIpc) is 2.87. The summed E-state index contributed by atoms with van der Waals surface area (Å²) in [6.07, 6.45) is 1.30. The van der Waals surface area contributed by atoms with E-state index in [1.54, 1.807) is 18.2 Å². The Bertz CT molecular complexity index is 1210. The van der Waals surface area contributed by atoms with Gasteiger partial charge in [0, 0.05) is 26.2 Å². The number of hydrogen-bond donors (Lipinski definition) is 0. The Morgan fingerprint density at radius 2 is 1.46 bits per heavy atom. The van der Waals surface area contributed by atoms with Crippen LogP contribution in [0.5, 0.6) is 0 Å². The van der Waals surface area contributed by atoms with Crippen LogP contribution in [0, 0.1) is 5.92 Å². The van der Waals surface area contributed by atoms with E-state index in [1.165, 1.54) is 4.31 Å².